The lowest BCUT2D eigenvalue weighted by molar-refractivity contribution is -0.142. The van der Waals surface area contributed by atoms with Crippen molar-refractivity contribution in [2.45, 2.75) is 76.3 Å². The third-order valence-electron chi connectivity index (χ3n) is 9.15. The normalized spacial score (nSPS) is 27.4. The van der Waals surface area contributed by atoms with Gasteiger partial charge >= 0.3 is 5.97 Å². The van der Waals surface area contributed by atoms with Gasteiger partial charge in [-0.05, 0) is 74.1 Å². The van der Waals surface area contributed by atoms with Gasteiger partial charge in [0.15, 0.2) is 0 Å². The number of nitrogens with zero attached hydrogens (tertiary/aromatic N) is 1. The second-order valence-electron chi connectivity index (χ2n) is 11.4. The number of carboxylic acid groups (broad SMARTS) is 1. The number of aromatic carboxylic acids is 1. The molecule has 1 aromatic heterocycles. The van der Waals surface area contributed by atoms with Crippen LogP contribution in [-0.2, 0) is 9.59 Å². The van der Waals surface area contributed by atoms with E-state index in [1.807, 2.05) is 4.90 Å². The maximum Gasteiger partial charge on any atom is 0.371 e. The van der Waals surface area contributed by atoms with Gasteiger partial charge in [0.2, 0.25) is 17.6 Å². The van der Waals surface area contributed by atoms with Crippen molar-refractivity contribution in [3.63, 3.8) is 0 Å². The number of carbonyl (C=O) groups excluding carboxylic acids is 2. The minimum atomic E-state index is -1.15. The zero-order chi connectivity index (χ0) is 26.8. The lowest BCUT2D eigenvalue weighted by Crippen LogP contribution is -2.50. The maximum absolute atomic E-state index is 13.8. The minimum Gasteiger partial charge on any atom is -0.475 e. The molecule has 0 radical (unpaired) electrons. The Labute approximate surface area is 222 Å². The summed E-state index contributed by atoms with van der Waals surface area (Å²) in [5.74, 6) is -0.977. The summed E-state index contributed by atoms with van der Waals surface area (Å²) in [5.41, 5.74) is 6.90. The Hall–Kier alpha value is -2.94. The van der Waals surface area contributed by atoms with Crippen LogP contribution in [0.15, 0.2) is 28.7 Å². The van der Waals surface area contributed by atoms with Gasteiger partial charge in [0.05, 0.1) is 0 Å². The van der Waals surface area contributed by atoms with E-state index in [0.717, 1.165) is 44.9 Å². The van der Waals surface area contributed by atoms with Gasteiger partial charge < -0.3 is 25.5 Å². The van der Waals surface area contributed by atoms with Gasteiger partial charge in [0.25, 0.3) is 0 Å². The highest BCUT2D eigenvalue weighted by Crippen LogP contribution is 2.41. The molecule has 5 rings (SSSR count). The fourth-order valence-electron chi connectivity index (χ4n) is 7.05. The summed E-state index contributed by atoms with van der Waals surface area (Å²) in [5, 5.41) is 12.8. The smallest absolute Gasteiger partial charge is 0.371 e. The van der Waals surface area contributed by atoms with Crippen molar-refractivity contribution in [2.24, 2.45) is 29.4 Å². The monoisotopic (exact) mass is 527 g/mol. The highest BCUT2D eigenvalue weighted by atomic mass is 19.1. The summed E-state index contributed by atoms with van der Waals surface area (Å²) in [6, 6.07) is 5.48. The number of nitrogens with two attached hydrogens (primary N) is 1. The molecule has 3 fully saturated rings. The van der Waals surface area contributed by atoms with Crippen LogP contribution in [0.5, 0.6) is 0 Å². The van der Waals surface area contributed by atoms with Crippen LogP contribution in [-0.4, -0.2) is 53.1 Å². The first-order valence-corrected chi connectivity index (χ1v) is 14.1. The molecule has 1 aromatic carbocycles. The van der Waals surface area contributed by atoms with Crippen LogP contribution in [0.3, 0.4) is 0 Å². The molecule has 1 saturated heterocycles. The molecular formula is C29H38FN3O5. The van der Waals surface area contributed by atoms with Gasteiger partial charge in [-0.1, -0.05) is 32.1 Å². The largest absolute Gasteiger partial charge is 0.475 e. The molecule has 2 amide bonds. The summed E-state index contributed by atoms with van der Waals surface area (Å²) in [4.78, 5) is 40.7. The summed E-state index contributed by atoms with van der Waals surface area (Å²) < 4.78 is 18.4. The van der Waals surface area contributed by atoms with E-state index in [-0.39, 0.29) is 35.3 Å². The molecule has 2 aliphatic carbocycles. The van der Waals surface area contributed by atoms with E-state index in [4.69, 9.17) is 10.2 Å². The molecule has 1 unspecified atom stereocenters. The molecule has 8 nitrogen and oxygen atoms in total. The Morgan fingerprint density at radius 1 is 1.05 bits per heavy atom. The van der Waals surface area contributed by atoms with Gasteiger partial charge in [-0.3, -0.25) is 9.59 Å². The number of amides is 2. The molecule has 0 spiro atoms. The van der Waals surface area contributed by atoms with Crippen LogP contribution in [0.25, 0.3) is 11.0 Å². The number of hydrogen-bond donors (Lipinski definition) is 3. The molecule has 3 aliphatic rings. The number of carboxylic acids is 1. The van der Waals surface area contributed by atoms with E-state index >= 15 is 0 Å². The predicted molar refractivity (Wildman–Crippen MR) is 141 cm³/mol. The SMILES string of the molecule is NC(CF)C1CCC(C(=O)N2CC[C@@H](C3CCCCC3)[C@H]2C(=O)Nc2ccc3oc(C(=O)O)cc3c2)CC1. The maximum atomic E-state index is 13.8. The van der Waals surface area contributed by atoms with E-state index < -0.39 is 24.7 Å². The van der Waals surface area contributed by atoms with Gasteiger partial charge in [0.1, 0.15) is 18.3 Å². The lowest BCUT2D eigenvalue weighted by Gasteiger charge is -2.36. The minimum absolute atomic E-state index is 0.0344. The van der Waals surface area contributed by atoms with Crippen LogP contribution < -0.4 is 11.1 Å². The molecule has 4 N–H and O–H groups in total. The third-order valence-corrected chi connectivity index (χ3v) is 9.15. The van der Waals surface area contributed by atoms with Gasteiger partial charge in [-0.25, -0.2) is 9.18 Å². The van der Waals surface area contributed by atoms with Crippen LogP contribution in [0, 0.1) is 23.7 Å². The number of benzene rings is 1. The van der Waals surface area contributed by atoms with E-state index in [9.17, 15) is 23.9 Å². The molecule has 9 heteroatoms. The number of nitrogens with one attached hydrogen (secondary N) is 1. The number of carbonyl (C=O) groups is 3. The number of likely N-dealkylation sites (tertiary alicyclic amines) is 1. The molecule has 2 aromatic rings. The number of anilines is 1. The van der Waals surface area contributed by atoms with Gasteiger partial charge in [-0.2, -0.15) is 0 Å². The van der Waals surface area contributed by atoms with Crippen LogP contribution in [0.2, 0.25) is 0 Å². The van der Waals surface area contributed by atoms with E-state index in [0.29, 0.717) is 42.0 Å². The second kappa shape index (κ2) is 11.4. The number of hydrogen-bond acceptors (Lipinski definition) is 5. The quantitative estimate of drug-likeness (QED) is 0.467. The average molecular weight is 528 g/mol. The molecule has 1 aliphatic heterocycles. The van der Waals surface area contributed by atoms with Crippen molar-refractivity contribution < 1.29 is 28.3 Å². The van der Waals surface area contributed by atoms with Crippen molar-refractivity contribution in [1.29, 1.82) is 0 Å². The summed E-state index contributed by atoms with van der Waals surface area (Å²) >= 11 is 0. The van der Waals surface area contributed by atoms with Gasteiger partial charge in [-0.15, -0.1) is 0 Å². The average Bonchev–Trinajstić information content (AvgIpc) is 3.58. The molecule has 0 bridgehead atoms. The highest BCUT2D eigenvalue weighted by molar-refractivity contribution is 6.00. The number of furan rings is 1. The molecule has 3 atom stereocenters. The number of fused-ring (bicyclic) bond motifs is 1. The lowest BCUT2D eigenvalue weighted by atomic mass is 9.76. The first kappa shape index (κ1) is 26.7. The Kier molecular flexibility index (Phi) is 8.02. The molecule has 2 heterocycles. The van der Waals surface area contributed by atoms with Crippen molar-refractivity contribution in [3.8, 4) is 0 Å². The summed E-state index contributed by atoms with van der Waals surface area (Å²) in [6.45, 7) is 0.0354. The predicted octanol–water partition coefficient (Wildman–Crippen LogP) is 4.97. The number of halogens is 1. The molecular weight excluding hydrogens is 489 g/mol. The number of alkyl halides is 1. The fraction of sp³-hybridized carbons (Fsp3) is 0.621. The number of rotatable bonds is 7. The van der Waals surface area contributed by atoms with Crippen LogP contribution >= 0.6 is 0 Å². The van der Waals surface area contributed by atoms with E-state index in [1.165, 1.54) is 12.5 Å². The first-order valence-electron chi connectivity index (χ1n) is 14.1. The molecule has 2 saturated carbocycles. The zero-order valence-electron chi connectivity index (χ0n) is 21.7. The van der Waals surface area contributed by atoms with E-state index in [1.54, 1.807) is 18.2 Å². The van der Waals surface area contributed by atoms with Crippen molar-refractivity contribution >= 4 is 34.4 Å². The van der Waals surface area contributed by atoms with Crippen molar-refractivity contribution in [1.82, 2.24) is 4.90 Å². The zero-order valence-corrected chi connectivity index (χ0v) is 21.7. The van der Waals surface area contributed by atoms with Crippen LogP contribution in [0.1, 0.15) is 74.8 Å². The Morgan fingerprint density at radius 3 is 2.47 bits per heavy atom. The Bertz CT molecular complexity index is 1170. The third kappa shape index (κ3) is 5.44. The Balaban J connectivity index is 1.34. The topological polar surface area (TPSA) is 126 Å². The first-order chi connectivity index (χ1) is 18.4. The summed E-state index contributed by atoms with van der Waals surface area (Å²) in [7, 11) is 0. The summed E-state index contributed by atoms with van der Waals surface area (Å²) in [6.07, 6.45) is 9.36. The highest BCUT2D eigenvalue weighted by Gasteiger charge is 2.47. The molecule has 206 valence electrons. The fourth-order valence-corrected chi connectivity index (χ4v) is 7.05. The standard InChI is InChI=1S/C29H38FN3O5/c30-16-23(31)18-6-8-19(9-7-18)28(35)33-13-12-22(17-4-2-1-3-5-17)26(33)27(34)32-21-10-11-24-20(14-21)15-25(38-24)29(36)37/h10-11,14-15,17-19,22-23,26H,1-9,12-13,16,31H2,(H,32,34)(H,36,37)/t18?,19?,22-,23?,26-/m0/s1. The van der Waals surface area contributed by atoms with Gasteiger partial charge in [0, 0.05) is 29.6 Å². The van der Waals surface area contributed by atoms with E-state index in [2.05, 4.69) is 5.32 Å². The van der Waals surface area contributed by atoms with Crippen molar-refractivity contribution in [3.05, 3.63) is 30.0 Å². The second-order valence-corrected chi connectivity index (χ2v) is 11.4. The molecule has 38 heavy (non-hydrogen) atoms. The van der Waals surface area contributed by atoms with Crippen molar-refractivity contribution in [2.75, 3.05) is 18.5 Å². The van der Waals surface area contributed by atoms with Crippen LogP contribution in [0.4, 0.5) is 10.1 Å². The Morgan fingerprint density at radius 2 is 1.79 bits per heavy atom.